The lowest BCUT2D eigenvalue weighted by Crippen LogP contribution is -2.52. The molecule has 3 aromatic carbocycles. The zero-order valence-corrected chi connectivity index (χ0v) is 24.8. The second kappa shape index (κ2) is 12.4. The summed E-state index contributed by atoms with van der Waals surface area (Å²) in [6.07, 6.45) is -8.85. The van der Waals surface area contributed by atoms with Crippen LogP contribution in [0.25, 0.3) is 0 Å². The zero-order chi connectivity index (χ0) is 33.7. The van der Waals surface area contributed by atoms with E-state index in [4.69, 9.17) is 0 Å². The number of alkyl halides is 6. The van der Waals surface area contributed by atoms with Gasteiger partial charge in [0.15, 0.2) is 0 Å². The van der Waals surface area contributed by atoms with Crippen molar-refractivity contribution in [2.24, 2.45) is 0 Å². The van der Waals surface area contributed by atoms with Gasteiger partial charge in [-0.15, -0.1) is 0 Å². The van der Waals surface area contributed by atoms with Crippen LogP contribution in [0.1, 0.15) is 62.6 Å². The van der Waals surface area contributed by atoms with E-state index in [0.717, 1.165) is 24.3 Å². The van der Waals surface area contributed by atoms with Crippen LogP contribution in [0.5, 0.6) is 0 Å². The Morgan fingerprint density at radius 3 is 1.85 bits per heavy atom. The van der Waals surface area contributed by atoms with Gasteiger partial charge in [0, 0.05) is 45.7 Å². The first-order valence-corrected chi connectivity index (χ1v) is 15.0. The highest BCUT2D eigenvalue weighted by Gasteiger charge is 2.41. The molecule has 7 nitrogen and oxygen atoms in total. The van der Waals surface area contributed by atoms with E-state index in [9.17, 15) is 40.7 Å². The normalized spacial score (nSPS) is 19.8. The van der Waals surface area contributed by atoms with Gasteiger partial charge in [0.25, 0.3) is 5.91 Å². The molecule has 2 fully saturated rings. The minimum absolute atomic E-state index is 0.0287. The summed E-state index contributed by atoms with van der Waals surface area (Å²) in [6.45, 7) is 2.14. The maximum Gasteiger partial charge on any atom is 0.416 e. The Labute approximate surface area is 264 Å². The molecule has 1 N–H and O–H groups in total. The van der Waals surface area contributed by atoms with Crippen molar-refractivity contribution < 1.29 is 45.1 Å². The lowest BCUT2D eigenvalue weighted by atomic mass is 9.94. The fourth-order valence-corrected chi connectivity index (χ4v) is 6.57. The quantitative estimate of drug-likeness (QED) is 0.278. The van der Waals surface area contributed by atoms with Gasteiger partial charge in [0.1, 0.15) is 11.9 Å². The van der Waals surface area contributed by atoms with Crippen LogP contribution in [-0.2, 0) is 35.0 Å². The molecule has 3 heterocycles. The highest BCUT2D eigenvalue weighted by Crippen LogP contribution is 2.36. The molecule has 14 heteroatoms. The zero-order valence-electron chi connectivity index (χ0n) is 24.8. The van der Waals surface area contributed by atoms with Crippen LogP contribution in [0.2, 0.25) is 0 Å². The minimum Gasteiger partial charge on any atom is -0.322 e. The van der Waals surface area contributed by atoms with Crippen LogP contribution in [0.4, 0.5) is 30.7 Å². The van der Waals surface area contributed by atoms with Crippen molar-refractivity contribution >= 4 is 17.7 Å². The number of nitrogens with zero attached hydrogens (tertiary/aromatic N) is 3. The molecular formula is C33H29F7N4O3. The highest BCUT2D eigenvalue weighted by molar-refractivity contribution is 6.05. The number of imide groups is 1. The second-order valence-corrected chi connectivity index (χ2v) is 12.0. The Kier molecular flexibility index (Phi) is 8.60. The maximum absolute atomic E-state index is 15.2. The third-order valence-corrected chi connectivity index (χ3v) is 8.92. The first-order valence-electron chi connectivity index (χ1n) is 15.0. The molecule has 0 saturated carbocycles. The second-order valence-electron chi connectivity index (χ2n) is 12.0. The number of hydrogen-bond donors (Lipinski definition) is 1. The van der Waals surface area contributed by atoms with Gasteiger partial charge in [0.05, 0.1) is 22.7 Å². The van der Waals surface area contributed by atoms with Crippen molar-refractivity contribution in [1.82, 2.24) is 20.0 Å². The summed E-state index contributed by atoms with van der Waals surface area (Å²) in [5.41, 5.74) is 0.280. The van der Waals surface area contributed by atoms with Gasteiger partial charge in [-0.3, -0.25) is 29.5 Å². The Balaban J connectivity index is 1.17. The number of piperazine rings is 1. The van der Waals surface area contributed by atoms with Crippen molar-refractivity contribution in [3.05, 3.63) is 105 Å². The monoisotopic (exact) mass is 662 g/mol. The number of rotatable bonds is 6. The molecule has 0 aromatic heterocycles. The van der Waals surface area contributed by atoms with Crippen molar-refractivity contribution in [3.63, 3.8) is 0 Å². The van der Waals surface area contributed by atoms with Gasteiger partial charge in [-0.1, -0.05) is 30.3 Å². The Morgan fingerprint density at radius 2 is 1.34 bits per heavy atom. The molecule has 0 spiro atoms. The summed E-state index contributed by atoms with van der Waals surface area (Å²) in [5, 5.41) is 2.22. The SMILES string of the molecule is O=C1CCC(N2Cc3cc(CN4CCN(C(c5ccc(C(F)(F)F)cc5)c5ccc(C(F)(F)F)cc5)CC4)cc(F)c3C2=O)C(=O)N1. The predicted octanol–water partition coefficient (Wildman–Crippen LogP) is 5.53. The van der Waals surface area contributed by atoms with Crippen molar-refractivity contribution in [2.75, 3.05) is 26.2 Å². The number of amides is 3. The van der Waals surface area contributed by atoms with Crippen molar-refractivity contribution in [3.8, 4) is 0 Å². The Morgan fingerprint density at radius 1 is 0.787 bits per heavy atom. The first-order chi connectivity index (χ1) is 22.2. The summed E-state index contributed by atoms with van der Waals surface area (Å²) in [6, 6.07) is 10.7. The largest absolute Gasteiger partial charge is 0.416 e. The lowest BCUT2D eigenvalue weighted by molar-refractivity contribution is -0.138. The van der Waals surface area contributed by atoms with Crippen LogP contribution in [0.3, 0.4) is 0 Å². The van der Waals surface area contributed by atoms with E-state index in [1.54, 1.807) is 6.07 Å². The topological polar surface area (TPSA) is 73.0 Å². The van der Waals surface area contributed by atoms with Crippen LogP contribution < -0.4 is 5.32 Å². The molecular weight excluding hydrogens is 633 g/mol. The summed E-state index contributed by atoms with van der Waals surface area (Å²) in [5.74, 6) is -2.33. The maximum atomic E-state index is 15.2. The smallest absolute Gasteiger partial charge is 0.322 e. The number of hydrogen-bond acceptors (Lipinski definition) is 5. The third kappa shape index (κ3) is 6.75. The van der Waals surface area contributed by atoms with Gasteiger partial charge in [-0.25, -0.2) is 4.39 Å². The number of carbonyl (C=O) groups is 3. The Hall–Kier alpha value is -4.30. The molecule has 0 aliphatic carbocycles. The van der Waals surface area contributed by atoms with E-state index in [-0.39, 0.29) is 24.9 Å². The van der Waals surface area contributed by atoms with E-state index >= 15 is 4.39 Å². The molecule has 0 bridgehead atoms. The average molecular weight is 663 g/mol. The number of carbonyl (C=O) groups excluding carboxylic acids is 3. The third-order valence-electron chi connectivity index (χ3n) is 8.92. The van der Waals surface area contributed by atoms with Crippen LogP contribution >= 0.6 is 0 Å². The lowest BCUT2D eigenvalue weighted by Gasteiger charge is -2.40. The molecule has 3 aromatic rings. The van der Waals surface area contributed by atoms with Gasteiger partial charge < -0.3 is 4.90 Å². The van der Waals surface area contributed by atoms with E-state index in [2.05, 4.69) is 5.32 Å². The summed E-state index contributed by atoms with van der Waals surface area (Å²) in [4.78, 5) is 42.2. The van der Waals surface area contributed by atoms with Crippen molar-refractivity contribution in [1.29, 1.82) is 0 Å². The predicted molar refractivity (Wildman–Crippen MR) is 154 cm³/mol. The number of nitrogens with one attached hydrogen (secondary N) is 1. The number of halogens is 7. The molecule has 3 amide bonds. The van der Waals surface area contributed by atoms with Gasteiger partial charge >= 0.3 is 12.4 Å². The number of benzene rings is 3. The first kappa shape index (κ1) is 32.6. The Bertz CT molecular complexity index is 1620. The van der Waals surface area contributed by atoms with Gasteiger partial charge in [-0.2, -0.15) is 26.3 Å². The number of piperidine rings is 1. The molecule has 3 aliphatic rings. The molecule has 6 rings (SSSR count). The van der Waals surface area contributed by atoms with E-state index in [1.165, 1.54) is 35.2 Å². The molecule has 2 saturated heterocycles. The minimum atomic E-state index is -4.54. The highest BCUT2D eigenvalue weighted by atomic mass is 19.4. The fraction of sp³-hybridized carbons (Fsp3) is 0.364. The standard InChI is InChI=1S/C33H29F7N4O3/c34-25-16-19(15-22-18-44(31(47)28(22)25)26-9-10-27(45)41-30(26)46)17-42-11-13-43(14-12-42)29(20-1-5-23(6-2-20)32(35,36)37)21-3-7-24(8-4-21)33(38,39)40/h1-8,15-16,26,29H,9-14,17-18H2,(H,41,45,46). The van der Waals surface area contributed by atoms with E-state index in [0.29, 0.717) is 55.0 Å². The van der Waals surface area contributed by atoms with E-state index in [1.807, 2.05) is 9.80 Å². The van der Waals surface area contributed by atoms with Gasteiger partial charge in [-0.05, 0) is 59.0 Å². The van der Waals surface area contributed by atoms with Crippen LogP contribution in [0, 0.1) is 5.82 Å². The molecule has 0 radical (unpaired) electrons. The molecule has 3 aliphatic heterocycles. The van der Waals surface area contributed by atoms with Crippen LogP contribution in [0.15, 0.2) is 60.7 Å². The molecule has 1 unspecified atom stereocenters. The van der Waals surface area contributed by atoms with Crippen molar-refractivity contribution in [2.45, 2.75) is 50.4 Å². The number of fused-ring (bicyclic) bond motifs is 1. The average Bonchev–Trinajstić information content (AvgIpc) is 3.34. The molecule has 1 atom stereocenters. The summed E-state index contributed by atoms with van der Waals surface area (Å²) in [7, 11) is 0. The van der Waals surface area contributed by atoms with Crippen LogP contribution in [-0.4, -0.2) is 64.6 Å². The molecule has 248 valence electrons. The van der Waals surface area contributed by atoms with Gasteiger partial charge in [0.2, 0.25) is 11.8 Å². The fourth-order valence-electron chi connectivity index (χ4n) is 6.57. The molecule has 47 heavy (non-hydrogen) atoms. The van der Waals surface area contributed by atoms with E-state index < -0.39 is 59.1 Å². The summed E-state index contributed by atoms with van der Waals surface area (Å²) < 4.78 is 94.6. The summed E-state index contributed by atoms with van der Waals surface area (Å²) >= 11 is 0.